The molecule has 0 aliphatic carbocycles. The topological polar surface area (TPSA) is 70.8 Å². The van der Waals surface area contributed by atoms with Gasteiger partial charge < -0.3 is 9.32 Å². The summed E-state index contributed by atoms with van der Waals surface area (Å²) in [5.41, 5.74) is 1.44. The molecule has 1 aliphatic heterocycles. The molecule has 0 bridgehead atoms. The first-order chi connectivity index (χ1) is 13.9. The predicted molar refractivity (Wildman–Crippen MR) is 107 cm³/mol. The largest absolute Gasteiger partial charge is 0.451 e. The van der Waals surface area contributed by atoms with Crippen LogP contribution < -0.4 is 0 Å². The van der Waals surface area contributed by atoms with Gasteiger partial charge in [0, 0.05) is 37.1 Å². The molecule has 0 unspecified atom stereocenters. The van der Waals surface area contributed by atoms with Crippen molar-refractivity contribution in [2.75, 3.05) is 26.2 Å². The number of fused-ring (bicyclic) bond motifs is 1. The van der Waals surface area contributed by atoms with Crippen LogP contribution in [0.5, 0.6) is 0 Å². The molecule has 2 heterocycles. The van der Waals surface area contributed by atoms with Crippen molar-refractivity contribution in [2.45, 2.75) is 18.2 Å². The fraction of sp³-hybridized carbons (Fsp3) is 0.286. The first-order valence-corrected chi connectivity index (χ1v) is 10.8. The van der Waals surface area contributed by atoms with E-state index < -0.39 is 15.8 Å². The van der Waals surface area contributed by atoms with Crippen LogP contribution in [-0.4, -0.2) is 49.7 Å². The van der Waals surface area contributed by atoms with Crippen LogP contribution in [0.15, 0.2) is 57.8 Å². The van der Waals surface area contributed by atoms with E-state index in [1.165, 1.54) is 16.4 Å². The minimum atomic E-state index is -3.74. The van der Waals surface area contributed by atoms with Crippen molar-refractivity contribution in [1.29, 1.82) is 0 Å². The van der Waals surface area contributed by atoms with Gasteiger partial charge in [0.15, 0.2) is 5.76 Å². The Balaban J connectivity index is 1.53. The van der Waals surface area contributed by atoms with E-state index >= 15 is 0 Å². The SMILES string of the molecule is Cc1c(C(=O)N2CCCN(S(=O)(=O)c3ccc(F)cc3)CC2)oc2ccccc12. The first-order valence-electron chi connectivity index (χ1n) is 9.41. The standard InChI is InChI=1S/C21H21FN2O4S/c1-15-18-5-2-3-6-19(18)28-20(15)21(25)23-11-4-12-24(14-13-23)29(26,27)17-9-7-16(22)8-10-17/h2-3,5-10H,4,11-14H2,1H3. The molecule has 0 atom stereocenters. The third kappa shape index (κ3) is 3.65. The number of aryl methyl sites for hydroxylation is 1. The third-order valence-corrected chi connectivity index (χ3v) is 7.14. The Bertz CT molecular complexity index is 1160. The molecule has 3 aromatic rings. The maximum atomic E-state index is 13.1. The summed E-state index contributed by atoms with van der Waals surface area (Å²) in [5, 5.41) is 0.895. The van der Waals surface area contributed by atoms with E-state index in [9.17, 15) is 17.6 Å². The van der Waals surface area contributed by atoms with Crippen LogP contribution in [0.1, 0.15) is 22.5 Å². The summed E-state index contributed by atoms with van der Waals surface area (Å²) < 4.78 is 46.0. The molecule has 0 spiro atoms. The number of furan rings is 1. The fourth-order valence-electron chi connectivity index (χ4n) is 3.61. The lowest BCUT2D eigenvalue weighted by Gasteiger charge is -2.21. The number of carbonyl (C=O) groups excluding carboxylic acids is 1. The number of rotatable bonds is 3. The normalized spacial score (nSPS) is 16.1. The molecule has 1 fully saturated rings. The summed E-state index contributed by atoms with van der Waals surface area (Å²) in [6.07, 6.45) is 0.505. The van der Waals surface area contributed by atoms with E-state index in [2.05, 4.69) is 0 Å². The Morgan fingerprint density at radius 3 is 2.45 bits per heavy atom. The molecule has 6 nitrogen and oxygen atoms in total. The number of amides is 1. The van der Waals surface area contributed by atoms with Crippen molar-refractivity contribution in [1.82, 2.24) is 9.21 Å². The minimum Gasteiger partial charge on any atom is -0.451 e. The van der Waals surface area contributed by atoms with Crippen LogP contribution in [0.3, 0.4) is 0 Å². The van der Waals surface area contributed by atoms with E-state index in [1.54, 1.807) is 4.90 Å². The second kappa shape index (κ2) is 7.61. The lowest BCUT2D eigenvalue weighted by molar-refractivity contribution is 0.0733. The average molecular weight is 416 g/mol. The highest BCUT2D eigenvalue weighted by Crippen LogP contribution is 2.26. The number of benzene rings is 2. The van der Waals surface area contributed by atoms with Crippen molar-refractivity contribution in [2.24, 2.45) is 0 Å². The highest BCUT2D eigenvalue weighted by molar-refractivity contribution is 7.89. The van der Waals surface area contributed by atoms with E-state index in [-0.39, 0.29) is 23.9 Å². The number of nitrogens with zero attached hydrogens (tertiary/aromatic N) is 2. The summed E-state index contributed by atoms with van der Waals surface area (Å²) in [7, 11) is -3.74. The van der Waals surface area contributed by atoms with Gasteiger partial charge in [0.1, 0.15) is 11.4 Å². The Morgan fingerprint density at radius 2 is 1.72 bits per heavy atom. The van der Waals surface area contributed by atoms with Crippen molar-refractivity contribution in [3.8, 4) is 0 Å². The van der Waals surface area contributed by atoms with Gasteiger partial charge in [-0.05, 0) is 43.7 Å². The van der Waals surface area contributed by atoms with Gasteiger partial charge in [0.2, 0.25) is 10.0 Å². The number of carbonyl (C=O) groups is 1. The molecule has 0 N–H and O–H groups in total. The van der Waals surface area contributed by atoms with Gasteiger partial charge in [-0.3, -0.25) is 4.79 Å². The number of sulfonamides is 1. The molecule has 4 rings (SSSR count). The molecular formula is C21H21FN2O4S. The van der Waals surface area contributed by atoms with Crippen LogP contribution >= 0.6 is 0 Å². The zero-order valence-corrected chi connectivity index (χ0v) is 16.8. The maximum Gasteiger partial charge on any atom is 0.289 e. The van der Waals surface area contributed by atoms with Crippen molar-refractivity contribution in [3.05, 3.63) is 65.7 Å². The molecule has 152 valence electrons. The number of hydrogen-bond acceptors (Lipinski definition) is 4. The van der Waals surface area contributed by atoms with Gasteiger partial charge in [0.05, 0.1) is 4.90 Å². The van der Waals surface area contributed by atoms with Gasteiger partial charge in [-0.15, -0.1) is 0 Å². The van der Waals surface area contributed by atoms with Crippen molar-refractivity contribution in [3.63, 3.8) is 0 Å². The van der Waals surface area contributed by atoms with Crippen LogP contribution in [-0.2, 0) is 10.0 Å². The second-order valence-electron chi connectivity index (χ2n) is 7.06. The molecule has 1 saturated heterocycles. The summed E-state index contributed by atoms with van der Waals surface area (Å²) >= 11 is 0. The molecule has 0 saturated carbocycles. The van der Waals surface area contributed by atoms with Crippen LogP contribution in [0.4, 0.5) is 4.39 Å². The monoisotopic (exact) mass is 416 g/mol. The average Bonchev–Trinajstić information content (AvgIpc) is 2.89. The lowest BCUT2D eigenvalue weighted by atomic mass is 10.1. The lowest BCUT2D eigenvalue weighted by Crippen LogP contribution is -2.37. The summed E-state index contributed by atoms with van der Waals surface area (Å²) in [5.74, 6) is -0.432. The van der Waals surface area contributed by atoms with Crippen LogP contribution in [0, 0.1) is 12.7 Å². The quantitative estimate of drug-likeness (QED) is 0.656. The van der Waals surface area contributed by atoms with Crippen LogP contribution in [0.2, 0.25) is 0 Å². The Hall–Kier alpha value is -2.71. The summed E-state index contributed by atoms with van der Waals surface area (Å²) in [4.78, 5) is 14.7. The van der Waals surface area contributed by atoms with E-state index in [0.29, 0.717) is 30.9 Å². The van der Waals surface area contributed by atoms with Gasteiger partial charge in [0.25, 0.3) is 5.91 Å². The predicted octanol–water partition coefficient (Wildman–Crippen LogP) is 3.42. The van der Waals surface area contributed by atoms with E-state index in [4.69, 9.17) is 4.42 Å². The van der Waals surface area contributed by atoms with E-state index in [1.807, 2.05) is 31.2 Å². The molecule has 8 heteroatoms. The minimum absolute atomic E-state index is 0.0480. The number of para-hydroxylation sites is 1. The highest BCUT2D eigenvalue weighted by atomic mass is 32.2. The van der Waals surface area contributed by atoms with Gasteiger partial charge in [-0.25, -0.2) is 12.8 Å². The maximum absolute atomic E-state index is 13.1. The van der Waals surface area contributed by atoms with Gasteiger partial charge in [-0.2, -0.15) is 4.31 Å². The second-order valence-corrected chi connectivity index (χ2v) is 8.99. The number of hydrogen-bond donors (Lipinski definition) is 0. The van der Waals surface area contributed by atoms with Gasteiger partial charge in [-0.1, -0.05) is 18.2 Å². The van der Waals surface area contributed by atoms with E-state index in [0.717, 1.165) is 23.1 Å². The fourth-order valence-corrected chi connectivity index (χ4v) is 5.08. The summed E-state index contributed by atoms with van der Waals surface area (Å²) in [6.45, 7) is 3.01. The Labute approximate surface area is 168 Å². The molecule has 29 heavy (non-hydrogen) atoms. The van der Waals surface area contributed by atoms with Crippen molar-refractivity contribution < 1.29 is 22.0 Å². The highest BCUT2D eigenvalue weighted by Gasteiger charge is 2.30. The Morgan fingerprint density at radius 1 is 1.00 bits per heavy atom. The number of halogens is 1. The van der Waals surface area contributed by atoms with Gasteiger partial charge >= 0.3 is 0 Å². The molecule has 1 aromatic heterocycles. The molecule has 0 radical (unpaired) electrons. The smallest absolute Gasteiger partial charge is 0.289 e. The first kappa shape index (κ1) is 19.6. The Kier molecular flexibility index (Phi) is 5.14. The molecule has 1 aliphatic rings. The summed E-state index contributed by atoms with van der Waals surface area (Å²) in [6, 6.07) is 12.2. The van der Waals surface area contributed by atoms with Crippen LogP contribution in [0.25, 0.3) is 11.0 Å². The zero-order chi connectivity index (χ0) is 20.6. The molecule has 2 aromatic carbocycles. The molecule has 1 amide bonds. The zero-order valence-electron chi connectivity index (χ0n) is 16.0. The van der Waals surface area contributed by atoms with Crippen molar-refractivity contribution >= 4 is 26.9 Å². The molecular weight excluding hydrogens is 395 g/mol. The third-order valence-electron chi connectivity index (χ3n) is 5.23.